The number of benzene rings is 1. The number of rotatable bonds is 4. The van der Waals surface area contributed by atoms with Crippen molar-refractivity contribution in [2.75, 3.05) is 5.32 Å². The van der Waals surface area contributed by atoms with Gasteiger partial charge in [-0.25, -0.2) is 0 Å². The molecule has 0 aliphatic heterocycles. The van der Waals surface area contributed by atoms with E-state index in [4.69, 9.17) is 16.0 Å². The maximum absolute atomic E-state index is 12.1. The predicted molar refractivity (Wildman–Crippen MR) is 70.0 cm³/mol. The SMILES string of the molecule is O=C(Nc1ccc(SC(F)F)cc1)c1ccoc1Cl. The summed E-state index contributed by atoms with van der Waals surface area (Å²) < 4.78 is 29.1. The summed E-state index contributed by atoms with van der Waals surface area (Å²) in [7, 11) is 0. The number of halogens is 3. The van der Waals surface area contributed by atoms with Crippen LogP contribution in [0.25, 0.3) is 0 Å². The molecule has 19 heavy (non-hydrogen) atoms. The van der Waals surface area contributed by atoms with Gasteiger partial charge < -0.3 is 9.73 Å². The number of carbonyl (C=O) groups excluding carboxylic acids is 1. The van der Waals surface area contributed by atoms with Crippen molar-refractivity contribution in [3.63, 3.8) is 0 Å². The Hall–Kier alpha value is -1.53. The summed E-state index contributed by atoms with van der Waals surface area (Å²) in [6.45, 7) is 0. The first-order chi connectivity index (χ1) is 9.06. The van der Waals surface area contributed by atoms with E-state index in [-0.39, 0.29) is 10.8 Å². The number of alkyl halides is 2. The first-order valence-electron chi connectivity index (χ1n) is 5.15. The highest BCUT2D eigenvalue weighted by Crippen LogP contribution is 2.26. The molecule has 0 unspecified atom stereocenters. The summed E-state index contributed by atoms with van der Waals surface area (Å²) in [4.78, 5) is 12.2. The van der Waals surface area contributed by atoms with Crippen LogP contribution in [0.5, 0.6) is 0 Å². The molecule has 2 aromatic rings. The van der Waals surface area contributed by atoms with Crippen LogP contribution in [0.3, 0.4) is 0 Å². The number of hydrogen-bond donors (Lipinski definition) is 1. The Bertz CT molecular complexity index is 571. The van der Waals surface area contributed by atoms with Crippen molar-refractivity contribution < 1.29 is 18.0 Å². The molecule has 1 N–H and O–H groups in total. The highest BCUT2D eigenvalue weighted by Gasteiger charge is 2.13. The first kappa shape index (κ1) is 13.9. The van der Waals surface area contributed by atoms with Gasteiger partial charge >= 0.3 is 0 Å². The van der Waals surface area contributed by atoms with E-state index in [1.807, 2.05) is 0 Å². The Labute approximate surface area is 116 Å². The van der Waals surface area contributed by atoms with E-state index < -0.39 is 11.7 Å². The zero-order valence-electron chi connectivity index (χ0n) is 9.40. The second kappa shape index (κ2) is 6.08. The molecule has 7 heteroatoms. The van der Waals surface area contributed by atoms with Crippen molar-refractivity contribution in [2.45, 2.75) is 10.7 Å². The molecule has 100 valence electrons. The van der Waals surface area contributed by atoms with Crippen molar-refractivity contribution in [2.24, 2.45) is 0 Å². The minimum Gasteiger partial charge on any atom is -0.452 e. The van der Waals surface area contributed by atoms with Gasteiger partial charge in [-0.15, -0.1) is 0 Å². The minimum absolute atomic E-state index is 0.00220. The van der Waals surface area contributed by atoms with Gasteiger partial charge in [-0.1, -0.05) is 11.8 Å². The van der Waals surface area contributed by atoms with Gasteiger partial charge in [-0.05, 0) is 41.9 Å². The number of thioether (sulfide) groups is 1. The molecule has 1 aromatic carbocycles. The molecule has 0 saturated heterocycles. The molecular weight excluding hydrogens is 296 g/mol. The third kappa shape index (κ3) is 3.71. The van der Waals surface area contributed by atoms with Gasteiger partial charge in [0.1, 0.15) is 0 Å². The molecule has 3 nitrogen and oxygen atoms in total. The summed E-state index contributed by atoms with van der Waals surface area (Å²) in [6.07, 6.45) is 1.31. The second-order valence-corrected chi connectivity index (χ2v) is 4.87. The zero-order valence-corrected chi connectivity index (χ0v) is 11.0. The van der Waals surface area contributed by atoms with Crippen molar-refractivity contribution in [3.8, 4) is 0 Å². The van der Waals surface area contributed by atoms with Gasteiger partial charge in [0.15, 0.2) is 0 Å². The normalized spacial score (nSPS) is 10.7. The fourth-order valence-electron chi connectivity index (χ4n) is 1.37. The van der Waals surface area contributed by atoms with Gasteiger partial charge in [0, 0.05) is 10.6 Å². The highest BCUT2D eigenvalue weighted by atomic mass is 35.5. The third-order valence-electron chi connectivity index (χ3n) is 2.20. The molecule has 2 rings (SSSR count). The number of nitrogens with one attached hydrogen (secondary N) is 1. The van der Waals surface area contributed by atoms with E-state index in [1.54, 1.807) is 0 Å². The predicted octanol–water partition coefficient (Wildman–Crippen LogP) is 4.50. The van der Waals surface area contributed by atoms with Gasteiger partial charge in [0.05, 0.1) is 11.8 Å². The lowest BCUT2D eigenvalue weighted by atomic mass is 10.3. The van der Waals surface area contributed by atoms with Crippen molar-refractivity contribution in [1.29, 1.82) is 0 Å². The number of hydrogen-bond acceptors (Lipinski definition) is 3. The molecule has 1 aromatic heterocycles. The second-order valence-electron chi connectivity index (χ2n) is 3.46. The monoisotopic (exact) mass is 303 g/mol. The third-order valence-corrected chi connectivity index (χ3v) is 3.22. The lowest BCUT2D eigenvalue weighted by molar-refractivity contribution is 0.102. The smallest absolute Gasteiger partial charge is 0.288 e. The van der Waals surface area contributed by atoms with E-state index in [2.05, 4.69) is 5.32 Å². The molecule has 1 heterocycles. The number of furan rings is 1. The van der Waals surface area contributed by atoms with Gasteiger partial charge in [0.25, 0.3) is 11.7 Å². The number of anilines is 1. The van der Waals surface area contributed by atoms with E-state index in [0.29, 0.717) is 22.3 Å². The lowest BCUT2D eigenvalue weighted by Crippen LogP contribution is -2.11. The summed E-state index contributed by atoms with van der Waals surface area (Å²) in [6, 6.07) is 7.53. The van der Waals surface area contributed by atoms with E-state index in [0.717, 1.165) is 0 Å². The Balaban J connectivity index is 2.04. The Morgan fingerprint density at radius 2 is 1.95 bits per heavy atom. The maximum Gasteiger partial charge on any atom is 0.288 e. The van der Waals surface area contributed by atoms with Crippen LogP contribution in [0.2, 0.25) is 5.22 Å². The molecule has 0 atom stereocenters. The Morgan fingerprint density at radius 3 is 2.47 bits per heavy atom. The van der Waals surface area contributed by atoms with Crippen molar-refractivity contribution >= 4 is 35.0 Å². The van der Waals surface area contributed by atoms with E-state index in [1.165, 1.54) is 36.6 Å². The summed E-state index contributed by atoms with van der Waals surface area (Å²) >= 11 is 6.11. The van der Waals surface area contributed by atoms with E-state index >= 15 is 0 Å². The fraction of sp³-hybridized carbons (Fsp3) is 0.0833. The van der Waals surface area contributed by atoms with Gasteiger partial charge in [-0.3, -0.25) is 4.79 Å². The van der Waals surface area contributed by atoms with Crippen LogP contribution >= 0.6 is 23.4 Å². The van der Waals surface area contributed by atoms with Gasteiger partial charge in [-0.2, -0.15) is 8.78 Å². The Kier molecular flexibility index (Phi) is 4.44. The number of carbonyl (C=O) groups is 1. The summed E-state index contributed by atoms with van der Waals surface area (Å²) in [5.41, 5.74) is 0.702. The molecule has 1 amide bonds. The van der Waals surface area contributed by atoms with Crippen LogP contribution < -0.4 is 5.32 Å². The zero-order chi connectivity index (χ0) is 13.8. The molecule has 0 spiro atoms. The molecule has 0 saturated carbocycles. The molecule has 0 bridgehead atoms. The minimum atomic E-state index is -2.47. The van der Waals surface area contributed by atoms with Crippen molar-refractivity contribution in [3.05, 3.63) is 47.4 Å². The van der Waals surface area contributed by atoms with Crippen LogP contribution in [0.1, 0.15) is 10.4 Å². The number of amides is 1. The van der Waals surface area contributed by atoms with Gasteiger partial charge in [0.2, 0.25) is 5.22 Å². The molecular formula is C12H8ClF2NO2S. The molecule has 0 radical (unpaired) electrons. The largest absolute Gasteiger partial charge is 0.452 e. The van der Waals surface area contributed by atoms with Crippen LogP contribution in [-0.4, -0.2) is 11.7 Å². The maximum atomic E-state index is 12.1. The van der Waals surface area contributed by atoms with Crippen LogP contribution in [0, 0.1) is 0 Å². The highest BCUT2D eigenvalue weighted by molar-refractivity contribution is 7.99. The Morgan fingerprint density at radius 1 is 1.26 bits per heavy atom. The molecule has 0 aliphatic carbocycles. The first-order valence-corrected chi connectivity index (χ1v) is 6.41. The summed E-state index contributed by atoms with van der Waals surface area (Å²) in [5.74, 6) is -2.89. The average molecular weight is 304 g/mol. The fourth-order valence-corrected chi connectivity index (χ4v) is 2.07. The average Bonchev–Trinajstić information content (AvgIpc) is 2.77. The molecule has 0 fully saturated rings. The van der Waals surface area contributed by atoms with Crippen LogP contribution in [0.4, 0.5) is 14.5 Å². The lowest BCUT2D eigenvalue weighted by Gasteiger charge is -2.05. The molecule has 0 aliphatic rings. The summed E-state index contributed by atoms with van der Waals surface area (Å²) in [5, 5.41) is 2.59. The quantitative estimate of drug-likeness (QED) is 0.846. The van der Waals surface area contributed by atoms with E-state index in [9.17, 15) is 13.6 Å². The topological polar surface area (TPSA) is 42.2 Å². The standard InChI is InChI=1S/C12H8ClF2NO2S/c13-10-9(5-6-18-10)11(17)16-7-1-3-8(4-2-7)19-12(14)15/h1-6,12H,(H,16,17). The van der Waals surface area contributed by atoms with Crippen LogP contribution in [-0.2, 0) is 0 Å². The van der Waals surface area contributed by atoms with Crippen LogP contribution in [0.15, 0.2) is 45.9 Å². The van der Waals surface area contributed by atoms with Crippen molar-refractivity contribution in [1.82, 2.24) is 0 Å².